The van der Waals surface area contributed by atoms with Crippen LogP contribution in [0, 0.1) is 16.7 Å². The Balaban J connectivity index is 1.77. The maximum atomic E-state index is 13.4. The van der Waals surface area contributed by atoms with Crippen LogP contribution in [0.2, 0.25) is 0 Å². The monoisotopic (exact) mass is 454 g/mol. The van der Waals surface area contributed by atoms with Crippen LogP contribution in [0.25, 0.3) is 11.0 Å². The minimum atomic E-state index is -0.740. The van der Waals surface area contributed by atoms with E-state index < -0.39 is 11.5 Å². The van der Waals surface area contributed by atoms with Gasteiger partial charge in [-0.05, 0) is 24.3 Å². The minimum Gasteiger partial charge on any atom is -0.390 e. The summed E-state index contributed by atoms with van der Waals surface area (Å²) in [6.45, 7) is 5.26. The largest absolute Gasteiger partial charge is 0.425 e. The molecule has 0 bridgehead atoms. The molecular weight excluding hydrogens is 432 g/mol. The molecule has 0 aliphatic carbocycles. The number of hydrogen-bond acceptors (Lipinski definition) is 6. The van der Waals surface area contributed by atoms with Crippen molar-refractivity contribution in [2.24, 2.45) is 5.41 Å². The summed E-state index contributed by atoms with van der Waals surface area (Å²) in [6, 6.07) is 20.0. The molecule has 2 amide bonds. The van der Waals surface area contributed by atoms with E-state index in [-0.39, 0.29) is 34.3 Å². The van der Waals surface area contributed by atoms with Crippen LogP contribution in [0.4, 0.5) is 22.1 Å². The summed E-state index contributed by atoms with van der Waals surface area (Å²) in [7, 11) is 0. The second-order valence-corrected chi connectivity index (χ2v) is 8.47. The maximum Gasteiger partial charge on any atom is 0.425 e. The van der Waals surface area contributed by atoms with Gasteiger partial charge in [-0.15, -0.1) is 0 Å². The van der Waals surface area contributed by atoms with Crippen molar-refractivity contribution in [2.45, 2.75) is 20.8 Å². The number of nitrogens with one attached hydrogen (secondary N) is 2. The summed E-state index contributed by atoms with van der Waals surface area (Å²) in [4.78, 5) is 38.7. The molecule has 170 valence electrons. The van der Waals surface area contributed by atoms with Gasteiger partial charge in [0.05, 0.1) is 22.3 Å². The van der Waals surface area contributed by atoms with Gasteiger partial charge in [0.25, 0.3) is 0 Å². The van der Waals surface area contributed by atoms with Crippen molar-refractivity contribution < 1.29 is 14.3 Å². The smallest absolute Gasteiger partial charge is 0.390 e. The number of aromatic nitrogens is 3. The van der Waals surface area contributed by atoms with E-state index in [1.54, 1.807) is 45.0 Å². The number of benzene rings is 2. The van der Waals surface area contributed by atoms with Crippen LogP contribution in [-0.2, 0) is 4.79 Å². The topological polar surface area (TPSA) is 124 Å². The maximum absolute atomic E-state index is 13.4. The Morgan fingerprint density at radius 1 is 1.00 bits per heavy atom. The highest BCUT2D eigenvalue weighted by molar-refractivity contribution is 5.99. The number of aromatic amines is 1. The average molecular weight is 454 g/mol. The highest BCUT2D eigenvalue weighted by Gasteiger charge is 2.26. The third-order valence-electron chi connectivity index (χ3n) is 4.92. The Kier molecular flexibility index (Phi) is 5.97. The number of nitrogens with zero attached hydrogens (tertiary/aromatic N) is 4. The lowest BCUT2D eigenvalue weighted by atomic mass is 9.96. The molecule has 0 saturated carbocycles. The van der Waals surface area contributed by atoms with Gasteiger partial charge >= 0.3 is 6.09 Å². The molecule has 4 aromatic rings. The van der Waals surface area contributed by atoms with Gasteiger partial charge in [-0.1, -0.05) is 57.2 Å². The third-order valence-corrected chi connectivity index (χ3v) is 4.92. The Hall–Kier alpha value is -4.71. The molecule has 0 aliphatic rings. The zero-order valence-electron chi connectivity index (χ0n) is 18.9. The molecule has 2 heterocycles. The first-order valence-corrected chi connectivity index (χ1v) is 10.5. The number of anilines is 3. The zero-order chi connectivity index (χ0) is 24.3. The van der Waals surface area contributed by atoms with Crippen molar-refractivity contribution in [2.75, 3.05) is 10.2 Å². The Morgan fingerprint density at radius 2 is 1.59 bits per heavy atom. The number of rotatable bonds is 4. The van der Waals surface area contributed by atoms with E-state index in [2.05, 4.69) is 20.3 Å². The highest BCUT2D eigenvalue weighted by atomic mass is 16.6. The van der Waals surface area contributed by atoms with E-state index in [1.165, 1.54) is 11.1 Å². The quantitative estimate of drug-likeness (QED) is 0.439. The number of carbonyl (C=O) groups excluding carboxylic acids is 2. The fourth-order valence-corrected chi connectivity index (χ4v) is 3.15. The van der Waals surface area contributed by atoms with Crippen molar-refractivity contribution in [1.82, 2.24) is 15.0 Å². The van der Waals surface area contributed by atoms with Crippen LogP contribution in [-0.4, -0.2) is 27.0 Å². The van der Waals surface area contributed by atoms with Crippen molar-refractivity contribution in [3.8, 4) is 11.9 Å². The van der Waals surface area contributed by atoms with Crippen molar-refractivity contribution >= 4 is 40.4 Å². The van der Waals surface area contributed by atoms with Crippen molar-refractivity contribution in [3.05, 3.63) is 72.4 Å². The predicted octanol–water partition coefficient (Wildman–Crippen LogP) is 5.15. The lowest BCUT2D eigenvalue weighted by Crippen LogP contribution is -2.30. The highest BCUT2D eigenvalue weighted by Crippen LogP contribution is 2.31. The number of fused-ring (bicyclic) bond motifs is 1. The Morgan fingerprint density at radius 3 is 2.12 bits per heavy atom. The van der Waals surface area contributed by atoms with Gasteiger partial charge in [0.1, 0.15) is 11.7 Å². The summed E-state index contributed by atoms with van der Waals surface area (Å²) >= 11 is 0. The van der Waals surface area contributed by atoms with Crippen LogP contribution in [0.5, 0.6) is 5.88 Å². The van der Waals surface area contributed by atoms with Gasteiger partial charge in [-0.3, -0.25) is 10.1 Å². The molecule has 9 nitrogen and oxygen atoms in total. The van der Waals surface area contributed by atoms with Gasteiger partial charge in [-0.2, -0.15) is 15.2 Å². The molecule has 2 N–H and O–H groups in total. The molecule has 4 rings (SSSR count). The third kappa shape index (κ3) is 4.56. The second kappa shape index (κ2) is 9.03. The van der Waals surface area contributed by atoms with Crippen LogP contribution >= 0.6 is 0 Å². The first kappa shape index (κ1) is 22.5. The van der Waals surface area contributed by atoms with E-state index in [1.807, 2.05) is 42.5 Å². The predicted molar refractivity (Wildman–Crippen MR) is 128 cm³/mol. The molecule has 0 radical (unpaired) electrons. The molecule has 0 atom stereocenters. The number of H-pyrrole nitrogens is 1. The van der Waals surface area contributed by atoms with E-state index in [9.17, 15) is 14.9 Å². The van der Waals surface area contributed by atoms with E-state index in [0.717, 1.165) is 0 Å². The van der Waals surface area contributed by atoms with E-state index in [0.29, 0.717) is 11.4 Å². The molecule has 0 spiro atoms. The van der Waals surface area contributed by atoms with Gasteiger partial charge in [0.15, 0.2) is 0 Å². The van der Waals surface area contributed by atoms with E-state index in [4.69, 9.17) is 4.74 Å². The summed E-state index contributed by atoms with van der Waals surface area (Å²) < 4.78 is 5.72. The van der Waals surface area contributed by atoms with Crippen LogP contribution in [0.15, 0.2) is 66.9 Å². The van der Waals surface area contributed by atoms with Gasteiger partial charge < -0.3 is 9.72 Å². The molecule has 34 heavy (non-hydrogen) atoms. The molecule has 0 saturated heterocycles. The summed E-state index contributed by atoms with van der Waals surface area (Å²) in [6.07, 6.45) is 0.702. The van der Waals surface area contributed by atoms with Crippen LogP contribution in [0.1, 0.15) is 26.3 Å². The minimum absolute atomic E-state index is 0.0486. The van der Waals surface area contributed by atoms with Crippen LogP contribution < -0.4 is 15.0 Å². The molecule has 0 aliphatic heterocycles. The lowest BCUT2D eigenvalue weighted by Gasteiger charge is -2.22. The zero-order valence-corrected chi connectivity index (χ0v) is 18.9. The Labute approximate surface area is 196 Å². The summed E-state index contributed by atoms with van der Waals surface area (Å²) in [5.41, 5.74) is 0.932. The van der Waals surface area contributed by atoms with Crippen LogP contribution in [0.3, 0.4) is 0 Å². The van der Waals surface area contributed by atoms with Gasteiger partial charge in [0, 0.05) is 11.6 Å². The molecule has 9 heteroatoms. The van der Waals surface area contributed by atoms with Gasteiger partial charge in [-0.25, -0.2) is 9.69 Å². The molecule has 2 aromatic heterocycles. The summed E-state index contributed by atoms with van der Waals surface area (Å²) in [5, 5.41) is 12.4. The fraction of sp³-hybridized carbons (Fsp3) is 0.160. The number of carbonyl (C=O) groups is 2. The number of hydrogen-bond donors (Lipinski definition) is 2. The fourth-order valence-electron chi connectivity index (χ4n) is 3.15. The Bertz CT molecular complexity index is 1350. The second-order valence-electron chi connectivity index (χ2n) is 8.47. The van der Waals surface area contributed by atoms with Crippen molar-refractivity contribution in [1.29, 1.82) is 5.26 Å². The summed E-state index contributed by atoms with van der Waals surface area (Å²) in [5.74, 6) is -0.507. The lowest BCUT2D eigenvalue weighted by molar-refractivity contribution is -0.123. The SMILES string of the molecule is CC(C)(C)C(=O)Nc1nc(OC(=O)N(c2ccccc2)c2ccccc2)c2c(C#N)c[nH]c2n1. The standard InChI is InChI=1S/C25H22N6O3/c1-25(2,3)22(32)30-23-28-20-19(16(14-26)15-27-20)21(29-23)34-24(33)31(17-10-6-4-7-11-17)18-12-8-5-9-13-18/h4-13,15H,1-3H3,(H2,27,28,29,30,32). The number of para-hydroxylation sites is 2. The molecule has 0 fully saturated rings. The van der Waals surface area contributed by atoms with Gasteiger partial charge in [0.2, 0.25) is 17.7 Å². The first-order valence-electron chi connectivity index (χ1n) is 10.5. The van der Waals surface area contributed by atoms with E-state index >= 15 is 0 Å². The normalized spacial score (nSPS) is 11.0. The number of nitriles is 1. The number of amides is 2. The molecular formula is C25H22N6O3. The average Bonchev–Trinajstić information content (AvgIpc) is 3.23. The number of ether oxygens (including phenoxy) is 1. The van der Waals surface area contributed by atoms with Crippen molar-refractivity contribution in [3.63, 3.8) is 0 Å². The first-order chi connectivity index (χ1) is 16.3. The molecule has 0 unspecified atom stereocenters. The molecule has 2 aromatic carbocycles.